The summed E-state index contributed by atoms with van der Waals surface area (Å²) >= 11 is 0. The molecule has 2 amide bonds. The molecule has 0 atom stereocenters. The highest BCUT2D eigenvalue weighted by Gasteiger charge is 2.16. The molecule has 2 heterocycles. The summed E-state index contributed by atoms with van der Waals surface area (Å²) in [4.78, 5) is 22.7. The van der Waals surface area contributed by atoms with Crippen LogP contribution in [0.1, 0.15) is 31.0 Å². The van der Waals surface area contributed by atoms with Crippen molar-refractivity contribution < 1.29 is 4.79 Å². The van der Waals surface area contributed by atoms with Crippen molar-refractivity contribution in [2.45, 2.75) is 26.3 Å². The number of carbonyl (C=O) groups excluding carboxylic acids is 1. The van der Waals surface area contributed by atoms with Crippen LogP contribution in [0.2, 0.25) is 0 Å². The zero-order valence-electron chi connectivity index (χ0n) is 16.5. The predicted octanol–water partition coefficient (Wildman–Crippen LogP) is 3.49. The summed E-state index contributed by atoms with van der Waals surface area (Å²) in [7, 11) is 3.49. The second-order valence-electron chi connectivity index (χ2n) is 6.81. The second kappa shape index (κ2) is 8.51. The van der Waals surface area contributed by atoms with Crippen LogP contribution < -0.4 is 10.6 Å². The Labute approximate surface area is 164 Å². The van der Waals surface area contributed by atoms with Gasteiger partial charge in [0.2, 0.25) is 5.95 Å². The molecule has 146 valence electrons. The summed E-state index contributed by atoms with van der Waals surface area (Å²) in [5, 5.41) is 10.5. The molecule has 2 N–H and O–H groups in total. The quantitative estimate of drug-likeness (QED) is 0.684. The van der Waals surface area contributed by atoms with Crippen molar-refractivity contribution >= 4 is 17.8 Å². The van der Waals surface area contributed by atoms with Gasteiger partial charge in [-0.3, -0.25) is 5.32 Å². The first-order chi connectivity index (χ1) is 13.5. The van der Waals surface area contributed by atoms with E-state index in [2.05, 4.69) is 39.5 Å². The van der Waals surface area contributed by atoms with E-state index in [0.29, 0.717) is 18.3 Å². The first-order valence-electron chi connectivity index (χ1n) is 9.14. The van der Waals surface area contributed by atoms with Crippen LogP contribution in [0.4, 0.5) is 16.6 Å². The third kappa shape index (κ3) is 4.46. The molecule has 0 aliphatic heterocycles. The minimum absolute atomic E-state index is 0.231. The van der Waals surface area contributed by atoms with E-state index >= 15 is 0 Å². The number of hydrogen-bond donors (Lipinski definition) is 2. The molecule has 0 aliphatic carbocycles. The zero-order valence-corrected chi connectivity index (χ0v) is 16.5. The van der Waals surface area contributed by atoms with Crippen molar-refractivity contribution in [3.8, 4) is 5.69 Å². The number of nitrogens with one attached hydrogen (secondary N) is 2. The Morgan fingerprint density at radius 1 is 1.18 bits per heavy atom. The highest BCUT2D eigenvalue weighted by atomic mass is 16.2. The smallest absolute Gasteiger partial charge is 0.323 e. The van der Waals surface area contributed by atoms with E-state index in [1.54, 1.807) is 36.1 Å². The minimum Gasteiger partial charge on any atom is -0.357 e. The summed E-state index contributed by atoms with van der Waals surface area (Å²) in [5.41, 5.74) is 2.65. The summed E-state index contributed by atoms with van der Waals surface area (Å²) in [5.74, 6) is 1.43. The molecule has 8 nitrogen and oxygen atoms in total. The molecule has 0 saturated carbocycles. The Balaban J connectivity index is 1.77. The highest BCUT2D eigenvalue weighted by molar-refractivity contribution is 5.88. The van der Waals surface area contributed by atoms with Gasteiger partial charge in [-0.15, -0.1) is 0 Å². The number of rotatable bonds is 6. The van der Waals surface area contributed by atoms with Crippen LogP contribution in [0.15, 0.2) is 48.8 Å². The van der Waals surface area contributed by atoms with Crippen molar-refractivity contribution in [2.75, 3.05) is 24.7 Å². The number of aromatic nitrogens is 4. The molecule has 3 rings (SSSR count). The van der Waals surface area contributed by atoms with Gasteiger partial charge in [0.1, 0.15) is 5.82 Å². The van der Waals surface area contributed by atoms with Gasteiger partial charge in [0, 0.05) is 38.1 Å². The number of hydrogen-bond acceptors (Lipinski definition) is 5. The number of nitrogens with zero attached hydrogens (tertiary/aromatic N) is 5. The molecule has 3 aromatic rings. The molecule has 0 bridgehead atoms. The molecule has 0 radical (unpaired) electrons. The van der Waals surface area contributed by atoms with Crippen molar-refractivity contribution in [1.29, 1.82) is 0 Å². The largest absolute Gasteiger partial charge is 0.357 e. The number of carbonyl (C=O) groups is 1. The van der Waals surface area contributed by atoms with Crippen LogP contribution in [-0.2, 0) is 6.54 Å². The first-order valence-corrected chi connectivity index (χ1v) is 9.14. The van der Waals surface area contributed by atoms with E-state index in [1.165, 1.54) is 0 Å². The number of amides is 2. The summed E-state index contributed by atoms with van der Waals surface area (Å²) in [6, 6.07) is 11.4. The zero-order chi connectivity index (χ0) is 20.1. The van der Waals surface area contributed by atoms with E-state index < -0.39 is 0 Å². The Bertz CT molecular complexity index is 919. The fraction of sp³-hybridized carbons (Fsp3) is 0.300. The van der Waals surface area contributed by atoms with Gasteiger partial charge >= 0.3 is 6.03 Å². The molecule has 0 fully saturated rings. The lowest BCUT2D eigenvalue weighted by molar-refractivity contribution is 0.220. The van der Waals surface area contributed by atoms with E-state index in [4.69, 9.17) is 0 Å². The third-order valence-electron chi connectivity index (χ3n) is 4.25. The van der Waals surface area contributed by atoms with Crippen LogP contribution in [0, 0.1) is 0 Å². The van der Waals surface area contributed by atoms with E-state index in [0.717, 1.165) is 16.9 Å². The number of benzene rings is 1. The molecule has 0 aliphatic rings. The molecule has 1 aromatic carbocycles. The standard InChI is InChI=1S/C20H25N7O/c1-14(2)17-10-18(27(25-17)16-8-6-5-7-9-16)24-20(28)26(4)13-15-11-22-19(21-3)23-12-15/h5-12,14H,13H2,1-4H3,(H,24,28)(H,21,22,23). The van der Waals surface area contributed by atoms with E-state index in [-0.39, 0.29) is 11.9 Å². The number of urea groups is 1. The predicted molar refractivity (Wildman–Crippen MR) is 110 cm³/mol. The van der Waals surface area contributed by atoms with Crippen LogP contribution in [0.3, 0.4) is 0 Å². The Kier molecular flexibility index (Phi) is 5.88. The van der Waals surface area contributed by atoms with Crippen molar-refractivity contribution in [3.63, 3.8) is 0 Å². The lowest BCUT2D eigenvalue weighted by atomic mass is 10.1. The number of para-hydroxylation sites is 1. The molecule has 8 heteroatoms. The van der Waals surface area contributed by atoms with Gasteiger partial charge in [-0.25, -0.2) is 19.4 Å². The summed E-state index contributed by atoms with van der Waals surface area (Å²) in [6.07, 6.45) is 3.40. The molecule has 0 unspecified atom stereocenters. The van der Waals surface area contributed by atoms with Gasteiger partial charge in [-0.1, -0.05) is 32.0 Å². The van der Waals surface area contributed by atoms with Crippen molar-refractivity contribution in [1.82, 2.24) is 24.6 Å². The van der Waals surface area contributed by atoms with Crippen LogP contribution >= 0.6 is 0 Å². The van der Waals surface area contributed by atoms with Gasteiger partial charge in [0.25, 0.3) is 0 Å². The van der Waals surface area contributed by atoms with Gasteiger partial charge in [-0.05, 0) is 18.1 Å². The van der Waals surface area contributed by atoms with E-state index in [1.807, 2.05) is 36.4 Å². The monoisotopic (exact) mass is 379 g/mol. The molecular weight excluding hydrogens is 354 g/mol. The third-order valence-corrected chi connectivity index (χ3v) is 4.25. The Morgan fingerprint density at radius 2 is 1.86 bits per heavy atom. The Morgan fingerprint density at radius 3 is 2.46 bits per heavy atom. The average Bonchev–Trinajstić information content (AvgIpc) is 3.13. The first kappa shape index (κ1) is 19.3. The van der Waals surface area contributed by atoms with Crippen LogP contribution in [-0.4, -0.2) is 44.8 Å². The molecule has 0 spiro atoms. The van der Waals surface area contributed by atoms with Crippen LogP contribution in [0.5, 0.6) is 0 Å². The Hall–Kier alpha value is -3.42. The highest BCUT2D eigenvalue weighted by Crippen LogP contribution is 2.22. The maximum absolute atomic E-state index is 12.7. The summed E-state index contributed by atoms with van der Waals surface area (Å²) < 4.78 is 1.76. The maximum Gasteiger partial charge on any atom is 0.323 e. The molecule has 28 heavy (non-hydrogen) atoms. The second-order valence-corrected chi connectivity index (χ2v) is 6.81. The lowest BCUT2D eigenvalue weighted by Crippen LogP contribution is -2.31. The SMILES string of the molecule is CNc1ncc(CN(C)C(=O)Nc2cc(C(C)C)nn2-c2ccccc2)cn1. The molecule has 2 aromatic heterocycles. The fourth-order valence-corrected chi connectivity index (χ4v) is 2.65. The van der Waals surface area contributed by atoms with Crippen molar-refractivity contribution in [2.24, 2.45) is 0 Å². The molecule has 0 saturated heterocycles. The topological polar surface area (TPSA) is 88.0 Å². The maximum atomic E-state index is 12.7. The molecular formula is C20H25N7O. The normalized spacial score (nSPS) is 10.8. The van der Waals surface area contributed by atoms with Gasteiger partial charge in [0.15, 0.2) is 0 Å². The van der Waals surface area contributed by atoms with E-state index in [9.17, 15) is 4.79 Å². The number of anilines is 2. The lowest BCUT2D eigenvalue weighted by Gasteiger charge is -2.18. The fourth-order valence-electron chi connectivity index (χ4n) is 2.65. The summed E-state index contributed by atoms with van der Waals surface area (Å²) in [6.45, 7) is 4.54. The minimum atomic E-state index is -0.231. The van der Waals surface area contributed by atoms with Gasteiger partial charge in [0.05, 0.1) is 17.9 Å². The van der Waals surface area contributed by atoms with Gasteiger partial charge in [-0.2, -0.15) is 5.10 Å². The van der Waals surface area contributed by atoms with Crippen LogP contribution in [0.25, 0.3) is 5.69 Å². The van der Waals surface area contributed by atoms with Gasteiger partial charge < -0.3 is 10.2 Å². The average molecular weight is 379 g/mol. The van der Waals surface area contributed by atoms with Crippen molar-refractivity contribution in [3.05, 3.63) is 60.0 Å².